The van der Waals surface area contributed by atoms with E-state index in [9.17, 15) is 14.9 Å². The maximum absolute atomic E-state index is 14.7. The Morgan fingerprint density at radius 2 is 1.11 bits per heavy atom. The number of allylic oxidation sites excluding steroid dienone is 2. The molecule has 0 fully saturated rings. The van der Waals surface area contributed by atoms with Crippen LogP contribution >= 0.6 is 0 Å². The number of carbonyl (C=O) groups excluding carboxylic acids is 2. The zero-order valence-electron chi connectivity index (χ0n) is 29.9. The lowest BCUT2D eigenvalue weighted by atomic mass is 9.97. The molecule has 0 spiro atoms. The van der Waals surface area contributed by atoms with E-state index in [2.05, 4.69) is 41.0 Å². The topological polar surface area (TPSA) is 66.1 Å². The molecule has 5 heteroatoms. The van der Waals surface area contributed by atoms with Crippen LogP contribution in [0.4, 0.5) is 5.69 Å². The van der Waals surface area contributed by atoms with Crippen molar-refractivity contribution in [3.05, 3.63) is 193 Å². The number of rotatable bonds is 5. The molecule has 0 unspecified atom stereocenters. The second kappa shape index (κ2) is 14.4. The van der Waals surface area contributed by atoms with Gasteiger partial charge in [-0.25, -0.2) is 4.90 Å². The van der Waals surface area contributed by atoms with Crippen LogP contribution in [0.25, 0.3) is 60.9 Å². The van der Waals surface area contributed by atoms with E-state index in [0.29, 0.717) is 28.1 Å². The molecule has 0 atom stereocenters. The van der Waals surface area contributed by atoms with Crippen molar-refractivity contribution in [3.8, 4) is 45.1 Å². The van der Waals surface area contributed by atoms with Gasteiger partial charge in [0, 0.05) is 16.3 Å². The van der Waals surface area contributed by atoms with Crippen molar-refractivity contribution in [2.75, 3.05) is 4.90 Å². The normalized spacial score (nSPS) is 12.2. The molecular weight excluding hydrogens is 663 g/mol. The Bertz CT molecular complexity index is 2790. The lowest BCUT2D eigenvalue weighted by Gasteiger charge is -2.20. The predicted molar refractivity (Wildman–Crippen MR) is 220 cm³/mol. The van der Waals surface area contributed by atoms with Crippen LogP contribution in [0.5, 0.6) is 0 Å². The van der Waals surface area contributed by atoms with E-state index in [1.54, 1.807) is 6.07 Å². The summed E-state index contributed by atoms with van der Waals surface area (Å²) >= 11 is 0. The Kier molecular flexibility index (Phi) is 9.01. The number of amides is 2. The predicted octanol–water partition coefficient (Wildman–Crippen LogP) is 12.0. The number of fused-ring (bicyclic) bond motifs is 4. The first kappa shape index (κ1) is 33.8. The largest absolute Gasteiger partial charge is 0.308 e. The molecule has 0 radical (unpaired) electrons. The van der Waals surface area contributed by atoms with Crippen LogP contribution in [0.1, 0.15) is 40.1 Å². The highest BCUT2D eigenvalue weighted by Crippen LogP contribution is 2.42. The standard InChI is InChI=1S/C45H27N3O2.C4H8/c46-28-33-16-7-8-17-34(33)32-23-25-41-38(27-32)35-18-9-10-20-39(35)47(41)42-21-11-19-36-43(42)45(50)48(44(36)49)40-24-22-31(29-12-3-1-4-13-29)26-37(40)30-14-5-2-6-15-30;1-3-4-2/h1-27H;3-4H,1-2H3/b;4-3-. The van der Waals surface area contributed by atoms with Gasteiger partial charge in [-0.3, -0.25) is 9.59 Å². The van der Waals surface area contributed by atoms with Crippen molar-refractivity contribution < 1.29 is 9.59 Å². The quantitative estimate of drug-likeness (QED) is 0.133. The molecule has 0 aliphatic carbocycles. The fraction of sp³-hybridized carbons (Fsp3) is 0.0408. The van der Waals surface area contributed by atoms with Crippen molar-refractivity contribution in [2.45, 2.75) is 13.8 Å². The molecule has 0 saturated heterocycles. The maximum atomic E-state index is 14.7. The molecule has 258 valence electrons. The first-order valence-corrected chi connectivity index (χ1v) is 17.9. The van der Waals surface area contributed by atoms with Gasteiger partial charge in [-0.05, 0) is 90.2 Å². The van der Waals surface area contributed by atoms with Crippen LogP contribution in [0, 0.1) is 11.3 Å². The number of para-hydroxylation sites is 1. The van der Waals surface area contributed by atoms with Gasteiger partial charge in [0.15, 0.2) is 0 Å². The van der Waals surface area contributed by atoms with Gasteiger partial charge in [-0.2, -0.15) is 5.26 Å². The fourth-order valence-electron chi connectivity index (χ4n) is 7.30. The second-order valence-electron chi connectivity index (χ2n) is 13.0. The number of benzene rings is 7. The average molecular weight is 698 g/mol. The number of anilines is 1. The number of aromatic nitrogens is 1. The van der Waals surface area contributed by atoms with Crippen molar-refractivity contribution in [3.63, 3.8) is 0 Å². The Labute approximate surface area is 314 Å². The van der Waals surface area contributed by atoms with Gasteiger partial charge in [0.2, 0.25) is 0 Å². The summed E-state index contributed by atoms with van der Waals surface area (Å²) in [6.07, 6.45) is 4.00. The summed E-state index contributed by atoms with van der Waals surface area (Å²) in [5, 5.41) is 11.8. The second-order valence-corrected chi connectivity index (χ2v) is 13.0. The van der Waals surface area contributed by atoms with Crippen molar-refractivity contribution >= 4 is 39.3 Å². The number of imide groups is 1. The van der Waals surface area contributed by atoms with Crippen LogP contribution in [0.2, 0.25) is 0 Å². The van der Waals surface area contributed by atoms with Crippen LogP contribution in [-0.4, -0.2) is 16.4 Å². The fourth-order valence-corrected chi connectivity index (χ4v) is 7.30. The highest BCUT2D eigenvalue weighted by atomic mass is 16.2. The summed E-state index contributed by atoms with van der Waals surface area (Å²) in [7, 11) is 0. The Balaban J connectivity index is 0.000000987. The smallest absolute Gasteiger partial charge is 0.268 e. The molecule has 5 nitrogen and oxygen atoms in total. The van der Waals surface area contributed by atoms with E-state index in [-0.39, 0.29) is 11.8 Å². The summed E-state index contributed by atoms with van der Waals surface area (Å²) in [5.74, 6) is -0.719. The number of hydrogen-bond acceptors (Lipinski definition) is 3. The molecular formula is C49H35N3O2. The summed E-state index contributed by atoms with van der Waals surface area (Å²) in [6, 6.07) is 55.5. The first-order chi connectivity index (χ1) is 26.5. The maximum Gasteiger partial charge on any atom is 0.268 e. The monoisotopic (exact) mass is 697 g/mol. The van der Waals surface area contributed by atoms with E-state index in [4.69, 9.17) is 0 Å². The highest BCUT2D eigenvalue weighted by molar-refractivity contribution is 6.36. The van der Waals surface area contributed by atoms with E-state index >= 15 is 0 Å². The minimum Gasteiger partial charge on any atom is -0.308 e. The van der Waals surface area contributed by atoms with Gasteiger partial charge in [-0.1, -0.05) is 127 Å². The van der Waals surface area contributed by atoms with E-state index in [1.807, 2.05) is 153 Å². The Hall–Kier alpha value is -7.29. The molecule has 9 rings (SSSR count). The summed E-state index contributed by atoms with van der Waals surface area (Å²) < 4.78 is 2.08. The van der Waals surface area contributed by atoms with Crippen molar-refractivity contribution in [1.82, 2.24) is 4.57 Å². The highest BCUT2D eigenvalue weighted by Gasteiger charge is 2.40. The molecule has 1 aromatic heterocycles. The SMILES string of the molecule is C/C=C\C.N#Cc1ccccc1-c1ccc2c(c1)c1ccccc1n2-c1cccc2c1C(=O)N(c1ccc(-c3ccccc3)cc1-c1ccccc1)C2=O. The lowest BCUT2D eigenvalue weighted by Crippen LogP contribution is -2.30. The van der Waals surface area contributed by atoms with Gasteiger partial charge in [0.1, 0.15) is 0 Å². The zero-order chi connectivity index (χ0) is 37.2. The van der Waals surface area contributed by atoms with E-state index in [0.717, 1.165) is 55.2 Å². The first-order valence-electron chi connectivity index (χ1n) is 17.9. The van der Waals surface area contributed by atoms with Crippen LogP contribution < -0.4 is 4.90 Å². The summed E-state index contributed by atoms with van der Waals surface area (Å²) in [6.45, 7) is 4.00. The Morgan fingerprint density at radius 1 is 0.481 bits per heavy atom. The molecule has 2 heterocycles. The van der Waals surface area contributed by atoms with Crippen molar-refractivity contribution in [1.29, 1.82) is 5.26 Å². The van der Waals surface area contributed by atoms with Gasteiger partial charge >= 0.3 is 0 Å². The zero-order valence-corrected chi connectivity index (χ0v) is 29.9. The molecule has 54 heavy (non-hydrogen) atoms. The molecule has 1 aliphatic heterocycles. The number of carbonyl (C=O) groups is 2. The molecule has 0 N–H and O–H groups in total. The minimum atomic E-state index is -0.365. The minimum absolute atomic E-state index is 0.354. The number of hydrogen-bond donors (Lipinski definition) is 0. The Morgan fingerprint density at radius 3 is 1.85 bits per heavy atom. The number of nitriles is 1. The lowest BCUT2D eigenvalue weighted by molar-refractivity contribution is 0.0926. The molecule has 0 saturated carbocycles. The molecule has 8 aromatic rings. The molecule has 0 bridgehead atoms. The number of nitrogens with zero attached hydrogens (tertiary/aromatic N) is 3. The third-order valence-corrected chi connectivity index (χ3v) is 9.93. The van der Waals surface area contributed by atoms with Crippen LogP contribution in [0.3, 0.4) is 0 Å². The third-order valence-electron chi connectivity index (χ3n) is 9.93. The van der Waals surface area contributed by atoms with Crippen molar-refractivity contribution in [2.24, 2.45) is 0 Å². The molecule has 2 amide bonds. The van der Waals surface area contributed by atoms with Gasteiger partial charge in [-0.15, -0.1) is 0 Å². The summed E-state index contributed by atoms with van der Waals surface area (Å²) in [4.78, 5) is 30.4. The summed E-state index contributed by atoms with van der Waals surface area (Å²) in [5.41, 5.74) is 9.86. The average Bonchev–Trinajstić information content (AvgIpc) is 3.71. The van der Waals surface area contributed by atoms with Crippen LogP contribution in [0.15, 0.2) is 176 Å². The third kappa shape index (κ3) is 5.77. The van der Waals surface area contributed by atoms with E-state index < -0.39 is 0 Å². The van der Waals surface area contributed by atoms with E-state index in [1.165, 1.54) is 4.90 Å². The van der Waals surface area contributed by atoms with Gasteiger partial charge in [0.25, 0.3) is 11.8 Å². The molecule has 1 aliphatic rings. The molecule has 7 aromatic carbocycles. The van der Waals surface area contributed by atoms with Crippen LogP contribution in [-0.2, 0) is 0 Å². The van der Waals surface area contributed by atoms with Gasteiger partial charge < -0.3 is 4.57 Å². The van der Waals surface area contributed by atoms with Gasteiger partial charge in [0.05, 0.1) is 45.2 Å².